The molecule has 7 heteroatoms. The van der Waals surface area contributed by atoms with Crippen LogP contribution in [0.2, 0.25) is 0 Å². The molecule has 33 heavy (non-hydrogen) atoms. The maximum atomic E-state index is 6.14. The van der Waals surface area contributed by atoms with Gasteiger partial charge in [-0.05, 0) is 38.1 Å². The van der Waals surface area contributed by atoms with Gasteiger partial charge < -0.3 is 9.47 Å². The zero-order valence-corrected chi connectivity index (χ0v) is 18.1. The summed E-state index contributed by atoms with van der Waals surface area (Å²) in [4.78, 5) is 13.6. The normalized spacial score (nSPS) is 11.3. The quantitative estimate of drug-likeness (QED) is 0.316. The molecule has 0 radical (unpaired) electrons. The molecule has 4 heterocycles. The minimum Gasteiger partial charge on any atom is -0.439 e. The van der Waals surface area contributed by atoms with Crippen LogP contribution in [0.15, 0.2) is 79.0 Å². The Bertz CT molecular complexity index is 1640. The highest BCUT2D eigenvalue weighted by atomic mass is 16.5. The molecule has 7 nitrogen and oxygen atoms in total. The molecule has 2 aromatic carbocycles. The average molecular weight is 433 g/mol. The van der Waals surface area contributed by atoms with E-state index < -0.39 is 0 Å². The van der Waals surface area contributed by atoms with E-state index in [9.17, 15) is 0 Å². The summed E-state index contributed by atoms with van der Waals surface area (Å²) in [6.45, 7) is 3.88. The second-order valence-corrected chi connectivity index (χ2v) is 7.73. The van der Waals surface area contributed by atoms with E-state index in [1.54, 1.807) is 12.3 Å². The molecule has 0 bridgehead atoms. The molecule has 0 saturated heterocycles. The van der Waals surface area contributed by atoms with E-state index in [1.807, 2.05) is 79.0 Å². The first kappa shape index (κ1) is 19.2. The van der Waals surface area contributed by atoms with Crippen LogP contribution in [0, 0.1) is 13.8 Å². The van der Waals surface area contributed by atoms with Crippen LogP contribution in [0.5, 0.6) is 23.3 Å². The lowest BCUT2D eigenvalue weighted by molar-refractivity contribution is 0.442. The number of aryl methyl sites for hydroxylation is 2. The van der Waals surface area contributed by atoms with E-state index in [0.29, 0.717) is 29.1 Å². The Labute approximate surface area is 189 Å². The third-order valence-electron chi connectivity index (χ3n) is 5.42. The zero-order chi connectivity index (χ0) is 22.4. The van der Waals surface area contributed by atoms with Crippen LogP contribution >= 0.6 is 0 Å². The largest absolute Gasteiger partial charge is 0.439 e. The molecule has 0 unspecified atom stereocenters. The summed E-state index contributed by atoms with van der Waals surface area (Å²) >= 11 is 0. The van der Waals surface area contributed by atoms with Crippen molar-refractivity contribution in [1.82, 2.24) is 24.6 Å². The molecule has 0 aliphatic rings. The topological polar surface area (TPSA) is 74.4 Å². The van der Waals surface area contributed by atoms with Gasteiger partial charge in [0.25, 0.3) is 0 Å². The van der Waals surface area contributed by atoms with Gasteiger partial charge in [-0.15, -0.1) is 0 Å². The predicted molar refractivity (Wildman–Crippen MR) is 126 cm³/mol. The van der Waals surface area contributed by atoms with Crippen LogP contribution in [0.4, 0.5) is 0 Å². The van der Waals surface area contributed by atoms with Crippen molar-refractivity contribution in [2.24, 2.45) is 0 Å². The Hall–Kier alpha value is -4.52. The molecule has 6 aromatic rings. The van der Waals surface area contributed by atoms with Gasteiger partial charge in [-0.25, -0.2) is 19.5 Å². The molecule has 0 aliphatic heterocycles. The van der Waals surface area contributed by atoms with Crippen molar-refractivity contribution < 1.29 is 9.47 Å². The Balaban J connectivity index is 1.45. The molecule has 0 amide bonds. The third kappa shape index (κ3) is 3.40. The summed E-state index contributed by atoms with van der Waals surface area (Å²) in [6, 6.07) is 23.0. The number of aromatic nitrogens is 5. The second kappa shape index (κ2) is 7.56. The number of hydrogen-bond acceptors (Lipinski definition) is 6. The van der Waals surface area contributed by atoms with Gasteiger partial charge in [-0.3, -0.25) is 0 Å². The Morgan fingerprint density at radius 3 is 2.33 bits per heavy atom. The summed E-state index contributed by atoms with van der Waals surface area (Å²) in [5.41, 5.74) is 2.64. The summed E-state index contributed by atoms with van der Waals surface area (Å²) in [6.07, 6.45) is 1.69. The van der Waals surface area contributed by atoms with Gasteiger partial charge in [-0.1, -0.05) is 30.3 Å². The maximum absolute atomic E-state index is 6.14. The molecule has 0 N–H and O–H groups in total. The smallest absolute Gasteiger partial charge is 0.220 e. The van der Waals surface area contributed by atoms with E-state index in [1.165, 1.54) is 0 Å². The zero-order valence-electron chi connectivity index (χ0n) is 18.1. The van der Waals surface area contributed by atoms with E-state index in [-0.39, 0.29) is 0 Å². The van der Waals surface area contributed by atoms with Crippen LogP contribution in [-0.4, -0.2) is 24.6 Å². The number of para-hydroxylation sites is 1. The number of ether oxygens (including phenoxy) is 2. The number of nitrogens with zero attached hydrogens (tertiary/aromatic N) is 5. The van der Waals surface area contributed by atoms with Crippen molar-refractivity contribution in [3.05, 3.63) is 90.5 Å². The Morgan fingerprint density at radius 2 is 1.52 bits per heavy atom. The fourth-order valence-corrected chi connectivity index (χ4v) is 4.09. The van der Waals surface area contributed by atoms with Gasteiger partial charge >= 0.3 is 0 Å². The van der Waals surface area contributed by atoms with Gasteiger partial charge in [0.05, 0.1) is 5.52 Å². The van der Waals surface area contributed by atoms with Gasteiger partial charge in [0, 0.05) is 46.2 Å². The number of hydrogen-bond donors (Lipinski definition) is 0. The van der Waals surface area contributed by atoms with Crippen LogP contribution in [0.25, 0.3) is 27.3 Å². The van der Waals surface area contributed by atoms with Crippen molar-refractivity contribution >= 4 is 27.3 Å². The van der Waals surface area contributed by atoms with Crippen molar-refractivity contribution in [3.8, 4) is 23.3 Å². The Morgan fingerprint density at radius 1 is 0.727 bits per heavy atom. The monoisotopic (exact) mass is 433 g/mol. The highest BCUT2D eigenvalue weighted by Crippen LogP contribution is 2.34. The lowest BCUT2D eigenvalue weighted by Gasteiger charge is -2.12. The van der Waals surface area contributed by atoms with Gasteiger partial charge in [-0.2, -0.15) is 5.10 Å². The van der Waals surface area contributed by atoms with E-state index >= 15 is 0 Å². The van der Waals surface area contributed by atoms with E-state index in [2.05, 4.69) is 21.1 Å². The minimum atomic E-state index is 0.479. The van der Waals surface area contributed by atoms with Crippen molar-refractivity contribution in [1.29, 1.82) is 0 Å². The van der Waals surface area contributed by atoms with Gasteiger partial charge in [0.1, 0.15) is 17.3 Å². The van der Waals surface area contributed by atoms with Crippen LogP contribution in [0.3, 0.4) is 0 Å². The molecule has 0 fully saturated rings. The second-order valence-electron chi connectivity index (χ2n) is 7.73. The molecule has 6 rings (SSSR count). The lowest BCUT2D eigenvalue weighted by Crippen LogP contribution is -1.97. The first-order valence-corrected chi connectivity index (χ1v) is 10.6. The molecule has 0 aliphatic carbocycles. The van der Waals surface area contributed by atoms with Crippen LogP contribution in [0.1, 0.15) is 11.5 Å². The fourth-order valence-electron chi connectivity index (χ4n) is 4.09. The predicted octanol–water partition coefficient (Wildman–Crippen LogP) is 6.03. The number of benzene rings is 2. The molecular formula is C26H19N5O2. The molecule has 0 atom stereocenters. The van der Waals surface area contributed by atoms with E-state index in [0.717, 1.165) is 33.0 Å². The summed E-state index contributed by atoms with van der Waals surface area (Å²) < 4.78 is 13.9. The standard InChI is InChI=1S/C26H19N5O2/c1-16-25-20-10-3-4-11-22(20)31-26(29-17(2)30-31)21(25)15-24(28-16)33-19-9-7-8-18(14-19)32-23-12-5-6-13-27-23/h3-15H,1-2H3. The minimum absolute atomic E-state index is 0.479. The molecule has 0 saturated carbocycles. The van der Waals surface area contributed by atoms with E-state index in [4.69, 9.17) is 14.5 Å². The van der Waals surface area contributed by atoms with Gasteiger partial charge in [0.2, 0.25) is 11.8 Å². The SMILES string of the molecule is Cc1nc2c3cc(Oc4cccc(Oc5ccccn5)c4)nc(C)c3c3ccccc3n2n1. The highest BCUT2D eigenvalue weighted by molar-refractivity contribution is 6.12. The first-order valence-electron chi connectivity index (χ1n) is 10.6. The van der Waals surface area contributed by atoms with Gasteiger partial charge in [0.15, 0.2) is 5.65 Å². The van der Waals surface area contributed by atoms with Crippen LogP contribution < -0.4 is 9.47 Å². The highest BCUT2D eigenvalue weighted by Gasteiger charge is 2.16. The molecule has 0 spiro atoms. The fraction of sp³-hybridized carbons (Fsp3) is 0.0769. The van der Waals surface area contributed by atoms with Crippen molar-refractivity contribution in [2.75, 3.05) is 0 Å². The molecular weight excluding hydrogens is 414 g/mol. The molecule has 160 valence electrons. The Kier molecular flexibility index (Phi) is 4.40. The number of pyridine rings is 3. The van der Waals surface area contributed by atoms with Crippen molar-refractivity contribution in [2.45, 2.75) is 13.8 Å². The maximum Gasteiger partial charge on any atom is 0.220 e. The summed E-state index contributed by atoms with van der Waals surface area (Å²) in [5.74, 6) is 2.96. The summed E-state index contributed by atoms with van der Waals surface area (Å²) in [5, 5.41) is 7.67. The molecule has 4 aromatic heterocycles. The first-order chi connectivity index (χ1) is 16.2. The number of rotatable bonds is 4. The summed E-state index contributed by atoms with van der Waals surface area (Å²) in [7, 11) is 0. The van der Waals surface area contributed by atoms with Crippen LogP contribution in [-0.2, 0) is 0 Å². The third-order valence-corrected chi connectivity index (χ3v) is 5.42. The lowest BCUT2D eigenvalue weighted by atomic mass is 10.1. The van der Waals surface area contributed by atoms with Crippen molar-refractivity contribution in [3.63, 3.8) is 0 Å². The average Bonchev–Trinajstić information content (AvgIpc) is 3.22. The number of fused-ring (bicyclic) bond motifs is 6.